The number of rotatable bonds is 3. The number of carbonyl (C=O) groups excluding carboxylic acids is 1. The van der Waals surface area contributed by atoms with Crippen LogP contribution >= 0.6 is 0 Å². The third kappa shape index (κ3) is 4.73. The van der Waals surface area contributed by atoms with E-state index in [0.717, 1.165) is 50.9 Å². The van der Waals surface area contributed by atoms with Gasteiger partial charge in [0, 0.05) is 11.8 Å². The number of hydrogen-bond donors (Lipinski definition) is 5. The van der Waals surface area contributed by atoms with E-state index in [-0.39, 0.29) is 29.4 Å². The van der Waals surface area contributed by atoms with E-state index in [1.54, 1.807) is 0 Å². The predicted octanol–water partition coefficient (Wildman–Crippen LogP) is 3.93. The average molecular weight is 486 g/mol. The fourth-order valence-electron chi connectivity index (χ4n) is 7.45. The van der Waals surface area contributed by atoms with Crippen LogP contribution in [0.1, 0.15) is 70.8 Å². The lowest BCUT2D eigenvalue weighted by atomic mass is 9.48. The van der Waals surface area contributed by atoms with Crippen LogP contribution in [0.3, 0.4) is 0 Å². The molecule has 0 aliphatic heterocycles. The molecule has 5 rings (SSSR count). The maximum atomic E-state index is 12.4. The summed E-state index contributed by atoms with van der Waals surface area (Å²) in [4.78, 5) is 22.8. The molecule has 0 spiro atoms. The van der Waals surface area contributed by atoms with Gasteiger partial charge in [-0.2, -0.15) is 0 Å². The molecule has 192 valence electrons. The van der Waals surface area contributed by atoms with Crippen LogP contribution in [0, 0.1) is 28.6 Å². The van der Waals surface area contributed by atoms with Gasteiger partial charge in [-0.25, -0.2) is 0 Å². The van der Waals surface area contributed by atoms with Crippen LogP contribution in [0.25, 0.3) is 0 Å². The molecule has 0 heterocycles. The minimum absolute atomic E-state index is 0.0168. The molecule has 0 saturated heterocycles. The third-order valence-electron chi connectivity index (χ3n) is 9.60. The molecule has 7 atom stereocenters. The number of Topliss-reactive ketones (excluding diaryl/α,β-unsaturated/α-hetero) is 1. The van der Waals surface area contributed by atoms with E-state index >= 15 is 0 Å². The van der Waals surface area contributed by atoms with Gasteiger partial charge in [0.05, 0.1) is 6.10 Å². The standard InChI is InChI=1S/C19H28O2.C9H11NO4/c1-18-9-7-13(20)11-12(18)3-4-14-15-5-6-17(21)19(15,2)10-8-16(14)18;10-6(9(13)14)3-5-1-2-7(11)8(12)4-5/h3,13-16,20H,4-11H2,1-2H3;1-2,4,6,11-12H,3,10H2,(H,13,14)/t13-,14-,15-,16-,18-,19-;6-/m00/s1. The highest BCUT2D eigenvalue weighted by atomic mass is 16.4. The zero-order chi connectivity index (χ0) is 25.5. The molecule has 7 heteroatoms. The second-order valence-corrected chi connectivity index (χ2v) is 11.5. The van der Waals surface area contributed by atoms with Crippen LogP contribution in [0.5, 0.6) is 11.5 Å². The molecule has 6 N–H and O–H groups in total. The van der Waals surface area contributed by atoms with Crippen molar-refractivity contribution < 1.29 is 30.0 Å². The van der Waals surface area contributed by atoms with Crippen molar-refractivity contribution >= 4 is 11.8 Å². The number of benzene rings is 1. The second-order valence-electron chi connectivity index (χ2n) is 11.5. The summed E-state index contributed by atoms with van der Waals surface area (Å²) in [5.41, 5.74) is 7.67. The van der Waals surface area contributed by atoms with E-state index < -0.39 is 12.0 Å². The quantitative estimate of drug-likeness (QED) is 0.323. The van der Waals surface area contributed by atoms with Crippen molar-refractivity contribution in [3.8, 4) is 11.5 Å². The summed E-state index contributed by atoms with van der Waals surface area (Å²) >= 11 is 0. The lowest BCUT2D eigenvalue weighted by Gasteiger charge is -2.56. The van der Waals surface area contributed by atoms with Crippen LogP contribution < -0.4 is 5.73 Å². The van der Waals surface area contributed by atoms with E-state index in [0.29, 0.717) is 28.6 Å². The van der Waals surface area contributed by atoms with Crippen LogP contribution in [0.4, 0.5) is 0 Å². The average Bonchev–Trinajstić information content (AvgIpc) is 3.11. The van der Waals surface area contributed by atoms with Crippen molar-refractivity contribution in [3.05, 3.63) is 35.4 Å². The lowest BCUT2D eigenvalue weighted by molar-refractivity contribution is -0.138. The Morgan fingerprint density at radius 1 is 1.09 bits per heavy atom. The number of allylic oxidation sites excluding steroid dienone is 1. The van der Waals surface area contributed by atoms with Gasteiger partial charge in [-0.3, -0.25) is 9.59 Å². The molecule has 35 heavy (non-hydrogen) atoms. The number of aliphatic hydroxyl groups excluding tert-OH is 1. The first kappa shape index (κ1) is 25.7. The van der Waals surface area contributed by atoms with E-state index in [4.69, 9.17) is 21.1 Å². The SMILES string of the molecule is C[C@]12CC[C@H](O)CC1=CC[C@@H]1[C@@H]2CC[C@]2(C)C(=O)CC[C@@H]12.N[C@@H](Cc1ccc(O)c(O)c1)C(=O)O. The number of ketones is 1. The fourth-order valence-corrected chi connectivity index (χ4v) is 7.45. The zero-order valence-corrected chi connectivity index (χ0v) is 20.7. The molecule has 0 aromatic heterocycles. The summed E-state index contributed by atoms with van der Waals surface area (Å²) in [7, 11) is 0. The van der Waals surface area contributed by atoms with Gasteiger partial charge in [-0.05, 0) is 92.2 Å². The van der Waals surface area contributed by atoms with Crippen molar-refractivity contribution in [2.75, 3.05) is 0 Å². The third-order valence-corrected chi connectivity index (χ3v) is 9.60. The Balaban J connectivity index is 0.000000181. The number of carbonyl (C=O) groups is 2. The summed E-state index contributed by atoms with van der Waals surface area (Å²) in [5, 5.41) is 36.6. The van der Waals surface area contributed by atoms with Crippen LogP contribution in [-0.4, -0.2) is 44.3 Å². The van der Waals surface area contributed by atoms with E-state index in [2.05, 4.69) is 19.9 Å². The molecule has 0 radical (unpaired) electrons. The molecule has 4 aliphatic carbocycles. The largest absolute Gasteiger partial charge is 0.504 e. The second kappa shape index (κ2) is 9.58. The number of aromatic hydroxyl groups is 2. The summed E-state index contributed by atoms with van der Waals surface area (Å²) < 4.78 is 0. The molecule has 3 fully saturated rings. The van der Waals surface area contributed by atoms with Gasteiger partial charge in [-0.1, -0.05) is 31.6 Å². The Kier molecular flexibility index (Phi) is 7.04. The Morgan fingerprint density at radius 2 is 1.77 bits per heavy atom. The molecule has 4 aliphatic rings. The number of hydrogen-bond acceptors (Lipinski definition) is 6. The van der Waals surface area contributed by atoms with Crippen LogP contribution in [0.2, 0.25) is 0 Å². The van der Waals surface area contributed by atoms with E-state index in [1.165, 1.54) is 30.2 Å². The first-order valence-electron chi connectivity index (χ1n) is 12.9. The van der Waals surface area contributed by atoms with Gasteiger partial charge in [0.2, 0.25) is 0 Å². The molecule has 7 nitrogen and oxygen atoms in total. The fraction of sp³-hybridized carbons (Fsp3) is 0.643. The molecular weight excluding hydrogens is 446 g/mol. The Bertz CT molecular complexity index is 1020. The maximum absolute atomic E-state index is 12.4. The Morgan fingerprint density at radius 3 is 2.46 bits per heavy atom. The first-order valence-corrected chi connectivity index (χ1v) is 12.9. The topological polar surface area (TPSA) is 141 Å². The molecule has 1 aromatic carbocycles. The number of phenols is 2. The van der Waals surface area contributed by atoms with Crippen molar-refractivity contribution in [1.82, 2.24) is 0 Å². The van der Waals surface area contributed by atoms with Crippen LogP contribution in [0.15, 0.2) is 29.8 Å². The normalized spacial score (nSPS) is 36.6. The minimum Gasteiger partial charge on any atom is -0.504 e. The smallest absolute Gasteiger partial charge is 0.320 e. The monoisotopic (exact) mass is 485 g/mol. The van der Waals surface area contributed by atoms with E-state index in [9.17, 15) is 14.7 Å². The highest BCUT2D eigenvalue weighted by Crippen LogP contribution is 2.63. The van der Waals surface area contributed by atoms with Gasteiger partial charge < -0.3 is 26.2 Å². The summed E-state index contributed by atoms with van der Waals surface area (Å²) in [6, 6.07) is 3.09. The molecular formula is C28H39NO6. The number of phenolic OH excluding ortho intramolecular Hbond substituents is 2. The van der Waals surface area contributed by atoms with Gasteiger partial charge in [0.15, 0.2) is 11.5 Å². The van der Waals surface area contributed by atoms with Gasteiger partial charge in [0.25, 0.3) is 0 Å². The van der Waals surface area contributed by atoms with Gasteiger partial charge in [0.1, 0.15) is 11.8 Å². The van der Waals surface area contributed by atoms with Crippen molar-refractivity contribution in [2.45, 2.75) is 83.8 Å². The predicted molar refractivity (Wildman–Crippen MR) is 132 cm³/mol. The summed E-state index contributed by atoms with van der Waals surface area (Å²) in [6.07, 6.45) is 10.8. The number of carboxylic acids is 1. The van der Waals surface area contributed by atoms with Gasteiger partial charge in [-0.15, -0.1) is 0 Å². The van der Waals surface area contributed by atoms with Crippen molar-refractivity contribution in [2.24, 2.45) is 34.3 Å². The molecule has 1 aromatic rings. The number of fused-ring (bicyclic) bond motifs is 5. The summed E-state index contributed by atoms with van der Waals surface area (Å²) in [5.74, 6) is 0.985. The van der Waals surface area contributed by atoms with Crippen LogP contribution in [-0.2, 0) is 16.0 Å². The van der Waals surface area contributed by atoms with E-state index in [1.807, 2.05) is 0 Å². The number of nitrogens with two attached hydrogens (primary N) is 1. The molecule has 3 saturated carbocycles. The minimum atomic E-state index is -1.10. The van der Waals surface area contributed by atoms with Crippen molar-refractivity contribution in [3.63, 3.8) is 0 Å². The zero-order valence-electron chi connectivity index (χ0n) is 20.7. The first-order chi connectivity index (χ1) is 16.5. The Hall–Kier alpha value is -2.38. The summed E-state index contributed by atoms with van der Waals surface area (Å²) in [6.45, 7) is 4.69. The maximum Gasteiger partial charge on any atom is 0.320 e. The number of aliphatic hydroxyl groups is 1. The molecule has 0 unspecified atom stereocenters. The lowest BCUT2D eigenvalue weighted by Crippen LogP contribution is -2.50. The highest BCUT2D eigenvalue weighted by Gasteiger charge is 2.58. The van der Waals surface area contributed by atoms with Gasteiger partial charge >= 0.3 is 5.97 Å². The number of aliphatic carboxylic acids is 1. The molecule has 0 amide bonds. The van der Waals surface area contributed by atoms with Crippen molar-refractivity contribution in [1.29, 1.82) is 0 Å². The highest BCUT2D eigenvalue weighted by molar-refractivity contribution is 5.87. The molecule has 0 bridgehead atoms. The number of carboxylic acid groups (broad SMARTS) is 1. The Labute approximate surface area is 207 Å².